The van der Waals surface area contributed by atoms with E-state index in [0.29, 0.717) is 6.61 Å². The fourth-order valence-electron chi connectivity index (χ4n) is 1.55. The van der Waals surface area contributed by atoms with E-state index in [2.05, 4.69) is 27.4 Å². The first-order valence-electron chi connectivity index (χ1n) is 5.34. The highest BCUT2D eigenvalue weighted by Crippen LogP contribution is 2.29. The summed E-state index contributed by atoms with van der Waals surface area (Å²) in [4.78, 5) is 1.31. The maximum atomic E-state index is 9.23. The number of hydrogen-bond acceptors (Lipinski definition) is 3. The van der Waals surface area contributed by atoms with Gasteiger partial charge in [0.1, 0.15) is 5.75 Å². The Bertz CT molecular complexity index is 468. The van der Waals surface area contributed by atoms with E-state index in [-0.39, 0.29) is 6.61 Å². The van der Waals surface area contributed by atoms with Crippen molar-refractivity contribution in [1.82, 2.24) is 0 Å². The monoisotopic (exact) mass is 312 g/mol. The van der Waals surface area contributed by atoms with Crippen LogP contribution in [0.15, 0.2) is 40.2 Å². The van der Waals surface area contributed by atoms with Gasteiger partial charge < -0.3 is 9.84 Å². The minimum absolute atomic E-state index is 0.00618. The van der Waals surface area contributed by atoms with Gasteiger partial charge in [0.15, 0.2) is 0 Å². The smallest absolute Gasteiger partial charge is 0.138 e. The van der Waals surface area contributed by atoms with Gasteiger partial charge in [-0.3, -0.25) is 0 Å². The normalized spacial score (nSPS) is 10.5. The van der Waals surface area contributed by atoms with Crippen molar-refractivity contribution in [3.05, 3.63) is 50.6 Å². The minimum atomic E-state index is -0.00618. The highest BCUT2D eigenvalue weighted by molar-refractivity contribution is 9.10. The van der Waals surface area contributed by atoms with Crippen LogP contribution in [0.5, 0.6) is 5.75 Å². The van der Waals surface area contributed by atoms with E-state index in [4.69, 9.17) is 4.74 Å². The Morgan fingerprint density at radius 3 is 2.82 bits per heavy atom. The zero-order valence-electron chi connectivity index (χ0n) is 9.23. The summed E-state index contributed by atoms with van der Waals surface area (Å²) in [5.74, 6) is 0.742. The number of halogens is 1. The van der Waals surface area contributed by atoms with Crippen LogP contribution in [0.3, 0.4) is 0 Å². The van der Waals surface area contributed by atoms with Crippen molar-refractivity contribution in [3.8, 4) is 5.75 Å². The zero-order chi connectivity index (χ0) is 12.1. The van der Waals surface area contributed by atoms with Gasteiger partial charge in [-0.15, -0.1) is 11.3 Å². The van der Waals surface area contributed by atoms with E-state index in [1.807, 2.05) is 24.3 Å². The summed E-state index contributed by atoms with van der Waals surface area (Å²) in [5.41, 5.74) is 0.811. The van der Waals surface area contributed by atoms with Crippen molar-refractivity contribution in [3.63, 3.8) is 0 Å². The molecule has 4 heteroatoms. The molecule has 0 saturated heterocycles. The summed E-state index contributed by atoms with van der Waals surface area (Å²) in [6, 6.07) is 9.81. The molecule has 0 saturated carbocycles. The van der Waals surface area contributed by atoms with Gasteiger partial charge in [-0.2, -0.15) is 0 Å². The lowest BCUT2D eigenvalue weighted by molar-refractivity contribution is 0.263. The first kappa shape index (κ1) is 12.6. The van der Waals surface area contributed by atoms with Crippen LogP contribution in [0, 0.1) is 0 Å². The molecular formula is C13H13BrO2S. The summed E-state index contributed by atoms with van der Waals surface area (Å²) < 4.78 is 6.62. The largest absolute Gasteiger partial charge is 0.492 e. The lowest BCUT2D eigenvalue weighted by Crippen LogP contribution is -2.03. The standard InChI is InChI=1S/C13H13BrO2S/c14-12-5-1-3-10(9-15)13(12)16-7-6-11-4-2-8-17-11/h1-5,8,15H,6-7,9H2. The highest BCUT2D eigenvalue weighted by atomic mass is 79.9. The molecule has 0 fully saturated rings. The summed E-state index contributed by atoms with van der Waals surface area (Å²) >= 11 is 5.16. The van der Waals surface area contributed by atoms with Gasteiger partial charge in [0, 0.05) is 16.9 Å². The number of rotatable bonds is 5. The lowest BCUT2D eigenvalue weighted by atomic mass is 10.2. The Hall–Kier alpha value is -0.840. The molecule has 0 amide bonds. The third kappa shape index (κ3) is 3.31. The number of benzene rings is 1. The van der Waals surface area contributed by atoms with Crippen LogP contribution < -0.4 is 4.74 Å². The fraction of sp³-hybridized carbons (Fsp3) is 0.231. The Kier molecular flexibility index (Phi) is 4.59. The molecule has 1 N–H and O–H groups in total. The summed E-state index contributed by atoms with van der Waals surface area (Å²) in [7, 11) is 0. The fourth-order valence-corrected chi connectivity index (χ4v) is 2.76. The lowest BCUT2D eigenvalue weighted by Gasteiger charge is -2.11. The highest BCUT2D eigenvalue weighted by Gasteiger charge is 2.07. The molecule has 2 aromatic rings. The summed E-state index contributed by atoms with van der Waals surface area (Å²) in [6.07, 6.45) is 0.893. The zero-order valence-corrected chi connectivity index (χ0v) is 11.6. The number of thiophene rings is 1. The van der Waals surface area contributed by atoms with Gasteiger partial charge in [0.2, 0.25) is 0 Å². The predicted octanol–water partition coefficient (Wildman–Crippen LogP) is 3.62. The molecule has 1 aromatic heterocycles. The first-order chi connectivity index (χ1) is 8.31. The number of ether oxygens (including phenoxy) is 1. The second kappa shape index (κ2) is 6.19. The van der Waals surface area contributed by atoms with Crippen molar-refractivity contribution < 1.29 is 9.84 Å². The number of hydrogen-bond donors (Lipinski definition) is 1. The molecule has 1 aromatic carbocycles. The van der Waals surface area contributed by atoms with Gasteiger partial charge >= 0.3 is 0 Å². The quantitative estimate of drug-likeness (QED) is 0.913. The molecular weight excluding hydrogens is 300 g/mol. The van der Waals surface area contributed by atoms with Crippen molar-refractivity contribution in [1.29, 1.82) is 0 Å². The Balaban J connectivity index is 1.98. The van der Waals surface area contributed by atoms with Crippen molar-refractivity contribution in [2.24, 2.45) is 0 Å². The minimum Gasteiger partial charge on any atom is -0.492 e. The van der Waals surface area contributed by atoms with Crippen LogP contribution >= 0.6 is 27.3 Å². The van der Waals surface area contributed by atoms with Crippen molar-refractivity contribution >= 4 is 27.3 Å². The van der Waals surface area contributed by atoms with E-state index >= 15 is 0 Å². The average Bonchev–Trinajstić information content (AvgIpc) is 2.84. The second-order valence-corrected chi connectivity index (χ2v) is 5.45. The van der Waals surface area contributed by atoms with Gasteiger partial charge in [-0.1, -0.05) is 18.2 Å². The molecule has 0 atom stereocenters. The molecule has 1 heterocycles. The third-order valence-electron chi connectivity index (χ3n) is 2.39. The van der Waals surface area contributed by atoms with Gasteiger partial charge in [-0.05, 0) is 33.4 Å². The van der Waals surface area contributed by atoms with Gasteiger partial charge in [-0.25, -0.2) is 0 Å². The maximum absolute atomic E-state index is 9.23. The van der Waals surface area contributed by atoms with Gasteiger partial charge in [0.25, 0.3) is 0 Å². The predicted molar refractivity (Wildman–Crippen MR) is 73.6 cm³/mol. The van der Waals surface area contributed by atoms with E-state index in [1.165, 1.54) is 4.88 Å². The van der Waals surface area contributed by atoms with E-state index in [9.17, 15) is 5.11 Å². The molecule has 0 radical (unpaired) electrons. The van der Waals surface area contributed by atoms with Crippen LogP contribution in [0.1, 0.15) is 10.4 Å². The van der Waals surface area contributed by atoms with Crippen LogP contribution in [-0.4, -0.2) is 11.7 Å². The van der Waals surface area contributed by atoms with Crippen LogP contribution in [-0.2, 0) is 13.0 Å². The third-order valence-corrected chi connectivity index (χ3v) is 3.95. The Morgan fingerprint density at radius 2 is 2.12 bits per heavy atom. The van der Waals surface area contributed by atoms with Crippen LogP contribution in [0.25, 0.3) is 0 Å². The number of para-hydroxylation sites is 1. The molecule has 0 unspecified atom stereocenters. The van der Waals surface area contributed by atoms with E-state index in [0.717, 1.165) is 22.2 Å². The SMILES string of the molecule is OCc1cccc(Br)c1OCCc1cccs1. The van der Waals surface area contributed by atoms with Crippen LogP contribution in [0.2, 0.25) is 0 Å². The maximum Gasteiger partial charge on any atom is 0.138 e. The molecule has 90 valence electrons. The topological polar surface area (TPSA) is 29.5 Å². The summed E-state index contributed by atoms with van der Waals surface area (Å²) in [6.45, 7) is 0.615. The number of aliphatic hydroxyl groups excluding tert-OH is 1. The molecule has 0 aliphatic rings. The molecule has 0 aliphatic heterocycles. The van der Waals surface area contributed by atoms with Crippen molar-refractivity contribution in [2.45, 2.75) is 13.0 Å². The van der Waals surface area contributed by atoms with E-state index < -0.39 is 0 Å². The molecule has 2 nitrogen and oxygen atoms in total. The number of aliphatic hydroxyl groups is 1. The molecule has 0 bridgehead atoms. The van der Waals surface area contributed by atoms with Crippen LogP contribution in [0.4, 0.5) is 0 Å². The second-order valence-electron chi connectivity index (χ2n) is 3.56. The van der Waals surface area contributed by atoms with Crippen molar-refractivity contribution in [2.75, 3.05) is 6.61 Å². The summed E-state index contributed by atoms with van der Waals surface area (Å²) in [5, 5.41) is 11.3. The Labute approximate surface area is 113 Å². The Morgan fingerprint density at radius 1 is 1.24 bits per heavy atom. The molecule has 17 heavy (non-hydrogen) atoms. The molecule has 0 aliphatic carbocycles. The van der Waals surface area contributed by atoms with Gasteiger partial charge in [0.05, 0.1) is 17.7 Å². The van der Waals surface area contributed by atoms with E-state index in [1.54, 1.807) is 11.3 Å². The molecule has 0 spiro atoms. The first-order valence-corrected chi connectivity index (χ1v) is 7.02. The molecule has 2 rings (SSSR count). The average molecular weight is 313 g/mol.